The van der Waals surface area contributed by atoms with Crippen molar-refractivity contribution in [1.82, 2.24) is 20.4 Å². The van der Waals surface area contributed by atoms with Crippen LogP contribution in [0.2, 0.25) is 0 Å². The first-order chi connectivity index (χ1) is 9.20. The van der Waals surface area contributed by atoms with E-state index in [2.05, 4.69) is 41.4 Å². The van der Waals surface area contributed by atoms with E-state index >= 15 is 0 Å². The van der Waals surface area contributed by atoms with Crippen molar-refractivity contribution in [3.05, 3.63) is 11.7 Å². The van der Waals surface area contributed by atoms with Gasteiger partial charge in [0.1, 0.15) is 0 Å². The van der Waals surface area contributed by atoms with Gasteiger partial charge in [-0.1, -0.05) is 24.9 Å². The van der Waals surface area contributed by atoms with Crippen LogP contribution in [0.4, 0.5) is 0 Å². The molecule has 0 spiro atoms. The Morgan fingerprint density at radius 1 is 1.32 bits per heavy atom. The number of hydrogen-bond acceptors (Lipinski definition) is 5. The van der Waals surface area contributed by atoms with Crippen LogP contribution >= 0.6 is 0 Å². The molecule has 1 aliphatic carbocycles. The maximum absolute atomic E-state index is 5.49. The summed E-state index contributed by atoms with van der Waals surface area (Å²) < 4.78 is 5.49. The Morgan fingerprint density at radius 3 is 2.84 bits per heavy atom. The molecule has 0 saturated heterocycles. The number of likely N-dealkylation sites (N-methyl/N-ethyl adjacent to an activating group) is 2. The summed E-state index contributed by atoms with van der Waals surface area (Å²) in [6, 6.07) is 0.501. The van der Waals surface area contributed by atoms with Crippen LogP contribution in [0.5, 0.6) is 0 Å². The number of hydrogen-bond donors (Lipinski definition) is 1. The van der Waals surface area contributed by atoms with Crippen molar-refractivity contribution in [2.24, 2.45) is 0 Å². The fourth-order valence-corrected chi connectivity index (χ4v) is 2.78. The average Bonchev–Trinajstić information content (AvgIpc) is 2.86. The van der Waals surface area contributed by atoms with Gasteiger partial charge < -0.3 is 14.7 Å². The minimum atomic E-state index is 0.398. The minimum Gasteiger partial charge on any atom is -0.339 e. The van der Waals surface area contributed by atoms with Gasteiger partial charge in [0, 0.05) is 19.0 Å². The van der Waals surface area contributed by atoms with E-state index in [1.807, 2.05) is 0 Å². The molecule has 0 bridgehead atoms. The van der Waals surface area contributed by atoms with E-state index in [9.17, 15) is 0 Å². The molecule has 0 aromatic carbocycles. The molecule has 2 unspecified atom stereocenters. The first-order valence-corrected chi connectivity index (χ1v) is 7.41. The van der Waals surface area contributed by atoms with Crippen molar-refractivity contribution in [2.75, 3.05) is 27.2 Å². The van der Waals surface area contributed by atoms with Gasteiger partial charge in [-0.05, 0) is 33.5 Å². The van der Waals surface area contributed by atoms with E-state index in [4.69, 9.17) is 4.52 Å². The highest BCUT2D eigenvalue weighted by Crippen LogP contribution is 2.32. The second-order valence-electron chi connectivity index (χ2n) is 5.66. The molecule has 2 atom stereocenters. The fraction of sp³-hybridized carbons (Fsp3) is 0.857. The van der Waals surface area contributed by atoms with Crippen LogP contribution < -0.4 is 5.32 Å². The fourth-order valence-electron chi connectivity index (χ4n) is 2.78. The van der Waals surface area contributed by atoms with E-state index < -0.39 is 0 Å². The Morgan fingerprint density at radius 2 is 2.11 bits per heavy atom. The number of nitrogens with zero attached hydrogens (tertiary/aromatic N) is 3. The highest BCUT2D eigenvalue weighted by atomic mass is 16.5. The van der Waals surface area contributed by atoms with Crippen LogP contribution in [0, 0.1) is 0 Å². The van der Waals surface area contributed by atoms with E-state index in [-0.39, 0.29) is 0 Å². The smallest absolute Gasteiger partial charge is 0.231 e. The van der Waals surface area contributed by atoms with Crippen LogP contribution in [0.3, 0.4) is 0 Å². The summed E-state index contributed by atoms with van der Waals surface area (Å²) in [6.07, 6.45) is 5.80. The highest BCUT2D eigenvalue weighted by Gasteiger charge is 2.30. The SMILES string of the molecule is CCNC1CCCCC1c1nc(CCN(C)C)no1. The average molecular weight is 266 g/mol. The summed E-state index contributed by atoms with van der Waals surface area (Å²) >= 11 is 0. The number of aromatic nitrogens is 2. The maximum Gasteiger partial charge on any atom is 0.231 e. The first-order valence-electron chi connectivity index (χ1n) is 7.41. The standard InChI is InChI=1S/C14H26N4O/c1-4-15-12-8-6-5-7-11(12)14-16-13(17-19-14)9-10-18(2)3/h11-12,15H,4-10H2,1-3H3. The quantitative estimate of drug-likeness (QED) is 0.851. The molecule has 1 aliphatic rings. The summed E-state index contributed by atoms with van der Waals surface area (Å²) in [7, 11) is 4.12. The molecule has 0 amide bonds. The van der Waals surface area contributed by atoms with Gasteiger partial charge in [0.05, 0.1) is 5.92 Å². The van der Waals surface area contributed by atoms with Gasteiger partial charge in [-0.3, -0.25) is 0 Å². The summed E-state index contributed by atoms with van der Waals surface area (Å²) in [5.41, 5.74) is 0. The van der Waals surface area contributed by atoms with Crippen LogP contribution in [0.1, 0.15) is 50.2 Å². The summed E-state index contributed by atoms with van der Waals surface area (Å²) in [5, 5.41) is 7.67. The number of nitrogens with one attached hydrogen (secondary N) is 1. The lowest BCUT2D eigenvalue weighted by Crippen LogP contribution is -2.37. The topological polar surface area (TPSA) is 54.2 Å². The lowest BCUT2D eigenvalue weighted by atomic mass is 9.84. The maximum atomic E-state index is 5.49. The van der Waals surface area contributed by atoms with Gasteiger partial charge in [0.25, 0.3) is 0 Å². The normalized spacial score (nSPS) is 24.0. The third kappa shape index (κ3) is 4.01. The van der Waals surface area contributed by atoms with Crippen LogP contribution in [0.25, 0.3) is 0 Å². The van der Waals surface area contributed by atoms with Gasteiger partial charge in [-0.2, -0.15) is 4.98 Å². The molecule has 5 heteroatoms. The molecule has 1 N–H and O–H groups in total. The Balaban J connectivity index is 1.99. The third-order valence-corrected chi connectivity index (χ3v) is 3.82. The number of rotatable bonds is 6. The van der Waals surface area contributed by atoms with Gasteiger partial charge in [-0.25, -0.2) is 0 Å². The van der Waals surface area contributed by atoms with Gasteiger partial charge >= 0.3 is 0 Å². The third-order valence-electron chi connectivity index (χ3n) is 3.82. The van der Waals surface area contributed by atoms with Gasteiger partial charge in [0.2, 0.25) is 5.89 Å². The Kier molecular flexibility index (Phi) is 5.34. The van der Waals surface area contributed by atoms with Crippen molar-refractivity contribution < 1.29 is 4.52 Å². The first kappa shape index (κ1) is 14.5. The monoisotopic (exact) mass is 266 g/mol. The molecular formula is C14H26N4O. The summed E-state index contributed by atoms with van der Waals surface area (Å²) in [6.45, 7) is 4.12. The second kappa shape index (κ2) is 7.01. The molecule has 1 fully saturated rings. The zero-order chi connectivity index (χ0) is 13.7. The minimum absolute atomic E-state index is 0.398. The van der Waals surface area contributed by atoms with Gasteiger partial charge in [-0.15, -0.1) is 0 Å². The largest absolute Gasteiger partial charge is 0.339 e. The molecule has 5 nitrogen and oxygen atoms in total. The zero-order valence-electron chi connectivity index (χ0n) is 12.4. The molecule has 0 radical (unpaired) electrons. The van der Waals surface area contributed by atoms with E-state index in [0.717, 1.165) is 37.6 Å². The lowest BCUT2D eigenvalue weighted by molar-refractivity contribution is 0.264. The summed E-state index contributed by atoms with van der Waals surface area (Å²) in [5.74, 6) is 2.07. The molecule has 19 heavy (non-hydrogen) atoms. The Bertz CT molecular complexity index is 375. The van der Waals surface area contributed by atoms with Crippen molar-refractivity contribution in [2.45, 2.75) is 51.0 Å². The Hall–Kier alpha value is -0.940. The van der Waals surface area contributed by atoms with Crippen molar-refractivity contribution in [3.63, 3.8) is 0 Å². The molecule has 1 aromatic heterocycles. The molecule has 1 heterocycles. The van der Waals surface area contributed by atoms with Crippen molar-refractivity contribution in [1.29, 1.82) is 0 Å². The molecular weight excluding hydrogens is 240 g/mol. The molecule has 1 aromatic rings. The van der Waals surface area contributed by atoms with E-state index in [0.29, 0.717) is 12.0 Å². The predicted molar refractivity (Wildman–Crippen MR) is 75.2 cm³/mol. The second-order valence-corrected chi connectivity index (χ2v) is 5.66. The van der Waals surface area contributed by atoms with Crippen molar-refractivity contribution >= 4 is 0 Å². The zero-order valence-corrected chi connectivity index (χ0v) is 12.4. The molecule has 108 valence electrons. The Labute approximate surface area is 115 Å². The van der Waals surface area contributed by atoms with Crippen molar-refractivity contribution in [3.8, 4) is 0 Å². The summed E-state index contributed by atoms with van der Waals surface area (Å²) in [4.78, 5) is 6.73. The van der Waals surface area contributed by atoms with E-state index in [1.165, 1.54) is 19.3 Å². The molecule has 0 aliphatic heterocycles. The molecule has 1 saturated carbocycles. The predicted octanol–water partition coefficient (Wildman–Crippen LogP) is 1.81. The molecule has 2 rings (SSSR count). The highest BCUT2D eigenvalue weighted by molar-refractivity contribution is 5.01. The van der Waals surface area contributed by atoms with E-state index in [1.54, 1.807) is 0 Å². The lowest BCUT2D eigenvalue weighted by Gasteiger charge is -2.29. The van der Waals surface area contributed by atoms with Crippen LogP contribution in [-0.4, -0.2) is 48.3 Å². The van der Waals surface area contributed by atoms with Crippen LogP contribution in [-0.2, 0) is 6.42 Å². The van der Waals surface area contributed by atoms with Gasteiger partial charge in [0.15, 0.2) is 5.82 Å². The van der Waals surface area contributed by atoms with Crippen LogP contribution in [0.15, 0.2) is 4.52 Å².